The van der Waals surface area contributed by atoms with Crippen LogP contribution in [0.5, 0.6) is 5.75 Å². The van der Waals surface area contributed by atoms with E-state index in [0.29, 0.717) is 5.75 Å². The van der Waals surface area contributed by atoms with Crippen molar-refractivity contribution in [2.45, 2.75) is 20.8 Å². The molecule has 2 aromatic rings. The van der Waals surface area contributed by atoms with Gasteiger partial charge in [0.25, 0.3) is 5.91 Å². The molecule has 0 saturated carbocycles. The molecule has 22 heavy (non-hydrogen) atoms. The average Bonchev–Trinajstić information content (AvgIpc) is 2.71. The van der Waals surface area contributed by atoms with Crippen LogP contribution in [0.4, 0.5) is 0 Å². The number of hydrazone groups is 1. The highest BCUT2D eigenvalue weighted by atomic mass is 16.5. The molecule has 0 radical (unpaired) electrons. The molecule has 0 atom stereocenters. The predicted molar refractivity (Wildman–Crippen MR) is 85.1 cm³/mol. The van der Waals surface area contributed by atoms with Crippen LogP contribution in [0.2, 0.25) is 0 Å². The van der Waals surface area contributed by atoms with Crippen LogP contribution in [0.3, 0.4) is 0 Å². The lowest BCUT2D eigenvalue weighted by molar-refractivity contribution is -0.123. The van der Waals surface area contributed by atoms with Gasteiger partial charge in [0.05, 0.1) is 11.9 Å². The largest absolute Gasteiger partial charge is 0.484 e. The normalized spacial score (nSPS) is 10.9. The number of nitrogens with zero attached hydrogens (tertiary/aromatic N) is 3. The number of rotatable bonds is 5. The van der Waals surface area contributed by atoms with Crippen LogP contribution in [0, 0.1) is 20.8 Å². The van der Waals surface area contributed by atoms with Gasteiger partial charge in [-0.3, -0.25) is 9.48 Å². The van der Waals surface area contributed by atoms with E-state index in [1.54, 1.807) is 10.9 Å². The van der Waals surface area contributed by atoms with E-state index in [9.17, 15) is 4.79 Å². The van der Waals surface area contributed by atoms with E-state index in [1.165, 1.54) is 0 Å². The van der Waals surface area contributed by atoms with Gasteiger partial charge in [0.1, 0.15) is 5.75 Å². The molecule has 0 spiro atoms. The van der Waals surface area contributed by atoms with Gasteiger partial charge in [0.15, 0.2) is 6.61 Å². The maximum absolute atomic E-state index is 11.7. The number of amides is 1. The molecule has 0 fully saturated rings. The van der Waals surface area contributed by atoms with E-state index in [2.05, 4.69) is 15.6 Å². The van der Waals surface area contributed by atoms with Crippen molar-refractivity contribution in [2.75, 3.05) is 6.61 Å². The molecule has 0 saturated heterocycles. The minimum absolute atomic E-state index is 0.0776. The number of hydrogen-bond acceptors (Lipinski definition) is 4. The Kier molecular flexibility index (Phi) is 4.93. The topological polar surface area (TPSA) is 68.5 Å². The van der Waals surface area contributed by atoms with E-state index in [4.69, 9.17) is 4.74 Å². The Labute approximate surface area is 129 Å². The molecule has 1 heterocycles. The Morgan fingerprint density at radius 2 is 2.18 bits per heavy atom. The summed E-state index contributed by atoms with van der Waals surface area (Å²) in [7, 11) is 1.87. The van der Waals surface area contributed by atoms with Gasteiger partial charge in [-0.25, -0.2) is 5.43 Å². The number of carbonyl (C=O) groups excluding carboxylic acids is 1. The highest BCUT2D eigenvalue weighted by Gasteiger charge is 2.07. The minimum Gasteiger partial charge on any atom is -0.484 e. The molecule has 116 valence electrons. The first-order chi connectivity index (χ1) is 10.5. The lowest BCUT2D eigenvalue weighted by Crippen LogP contribution is -2.24. The number of nitrogens with one attached hydrogen (secondary N) is 1. The fourth-order valence-corrected chi connectivity index (χ4v) is 2.03. The van der Waals surface area contributed by atoms with Crippen LogP contribution in [0.1, 0.15) is 22.5 Å². The molecular weight excluding hydrogens is 280 g/mol. The monoisotopic (exact) mass is 300 g/mol. The molecule has 1 aromatic carbocycles. The van der Waals surface area contributed by atoms with Crippen molar-refractivity contribution < 1.29 is 9.53 Å². The number of hydrogen-bond donors (Lipinski definition) is 1. The molecule has 6 heteroatoms. The lowest BCUT2D eigenvalue weighted by Gasteiger charge is -2.05. The quantitative estimate of drug-likeness (QED) is 0.677. The third-order valence-electron chi connectivity index (χ3n) is 3.31. The molecule has 6 nitrogen and oxygen atoms in total. The standard InChI is InChI=1S/C16H20N4O2/c1-11-6-5-7-14(8-11)22-10-16(21)18-17-9-15-12(2)19-20(4)13(15)3/h5-9H,10H2,1-4H3,(H,18,21)/b17-9-. The molecule has 0 aliphatic rings. The van der Waals surface area contributed by atoms with Crippen LogP contribution < -0.4 is 10.2 Å². The van der Waals surface area contributed by atoms with Gasteiger partial charge in [0.2, 0.25) is 0 Å². The van der Waals surface area contributed by atoms with Crippen molar-refractivity contribution in [1.29, 1.82) is 0 Å². The maximum atomic E-state index is 11.7. The summed E-state index contributed by atoms with van der Waals surface area (Å²) in [4.78, 5) is 11.7. The number of aryl methyl sites for hydroxylation is 3. The Bertz CT molecular complexity index is 704. The fraction of sp³-hybridized carbons (Fsp3) is 0.312. The van der Waals surface area contributed by atoms with Gasteiger partial charge in [-0.2, -0.15) is 10.2 Å². The molecule has 0 aliphatic carbocycles. The Hall–Kier alpha value is -2.63. The first-order valence-corrected chi connectivity index (χ1v) is 6.99. The predicted octanol–water partition coefficient (Wildman–Crippen LogP) is 1.87. The summed E-state index contributed by atoms with van der Waals surface area (Å²) < 4.78 is 7.18. The summed E-state index contributed by atoms with van der Waals surface area (Å²) in [6.07, 6.45) is 1.60. The van der Waals surface area contributed by atoms with E-state index in [0.717, 1.165) is 22.5 Å². The summed E-state index contributed by atoms with van der Waals surface area (Å²) in [6, 6.07) is 7.54. The Morgan fingerprint density at radius 3 is 2.82 bits per heavy atom. The van der Waals surface area contributed by atoms with Gasteiger partial charge in [-0.05, 0) is 38.5 Å². The van der Waals surface area contributed by atoms with Crippen molar-refractivity contribution in [3.05, 3.63) is 46.8 Å². The van der Waals surface area contributed by atoms with Gasteiger partial charge in [0, 0.05) is 18.3 Å². The molecule has 2 rings (SSSR count). The second-order valence-electron chi connectivity index (χ2n) is 5.11. The first kappa shape index (κ1) is 15.8. The molecule has 1 N–H and O–H groups in total. The first-order valence-electron chi connectivity index (χ1n) is 6.99. The third kappa shape index (κ3) is 3.94. The van der Waals surface area contributed by atoms with E-state index in [1.807, 2.05) is 52.1 Å². The smallest absolute Gasteiger partial charge is 0.277 e. The van der Waals surface area contributed by atoms with Crippen molar-refractivity contribution in [3.63, 3.8) is 0 Å². The highest BCUT2D eigenvalue weighted by molar-refractivity contribution is 5.84. The molecule has 0 aliphatic heterocycles. The van der Waals surface area contributed by atoms with E-state index >= 15 is 0 Å². The molecule has 0 bridgehead atoms. The van der Waals surface area contributed by atoms with Gasteiger partial charge in [-0.15, -0.1) is 0 Å². The van der Waals surface area contributed by atoms with Gasteiger partial charge >= 0.3 is 0 Å². The van der Waals surface area contributed by atoms with Crippen LogP contribution in [0.25, 0.3) is 0 Å². The van der Waals surface area contributed by atoms with Crippen molar-refractivity contribution in [3.8, 4) is 5.75 Å². The fourth-order valence-electron chi connectivity index (χ4n) is 2.03. The van der Waals surface area contributed by atoms with Gasteiger partial charge in [-0.1, -0.05) is 12.1 Å². The zero-order valence-electron chi connectivity index (χ0n) is 13.3. The number of ether oxygens (including phenoxy) is 1. The number of aromatic nitrogens is 2. The zero-order valence-corrected chi connectivity index (χ0v) is 13.3. The Balaban J connectivity index is 1.86. The maximum Gasteiger partial charge on any atom is 0.277 e. The molecule has 1 aromatic heterocycles. The zero-order chi connectivity index (χ0) is 16.1. The second kappa shape index (κ2) is 6.89. The van der Waals surface area contributed by atoms with Crippen LogP contribution >= 0.6 is 0 Å². The highest BCUT2D eigenvalue weighted by Crippen LogP contribution is 2.12. The number of benzene rings is 1. The van der Waals surface area contributed by atoms with Crippen LogP contribution in [-0.2, 0) is 11.8 Å². The summed E-state index contributed by atoms with van der Waals surface area (Å²) in [5.74, 6) is 0.357. The van der Waals surface area contributed by atoms with E-state index in [-0.39, 0.29) is 12.5 Å². The summed E-state index contributed by atoms with van der Waals surface area (Å²) in [5, 5.41) is 8.23. The number of carbonyl (C=O) groups is 1. The molecule has 0 unspecified atom stereocenters. The SMILES string of the molecule is Cc1cccc(OCC(=O)N/N=C\c2c(C)nn(C)c2C)c1. The van der Waals surface area contributed by atoms with Crippen LogP contribution in [0.15, 0.2) is 29.4 Å². The molecular formula is C16H20N4O2. The van der Waals surface area contributed by atoms with Gasteiger partial charge < -0.3 is 4.74 Å². The van der Waals surface area contributed by atoms with Crippen molar-refractivity contribution in [2.24, 2.45) is 12.1 Å². The van der Waals surface area contributed by atoms with Crippen LogP contribution in [-0.4, -0.2) is 28.5 Å². The second-order valence-corrected chi connectivity index (χ2v) is 5.11. The Morgan fingerprint density at radius 1 is 1.41 bits per heavy atom. The summed E-state index contributed by atoms with van der Waals surface area (Å²) >= 11 is 0. The third-order valence-corrected chi connectivity index (χ3v) is 3.31. The van der Waals surface area contributed by atoms with Crippen molar-refractivity contribution >= 4 is 12.1 Å². The summed E-state index contributed by atoms with van der Waals surface area (Å²) in [6.45, 7) is 5.74. The average molecular weight is 300 g/mol. The minimum atomic E-state index is -0.308. The van der Waals surface area contributed by atoms with Crippen molar-refractivity contribution in [1.82, 2.24) is 15.2 Å². The lowest BCUT2D eigenvalue weighted by atomic mass is 10.2. The molecule has 1 amide bonds. The van der Waals surface area contributed by atoms with E-state index < -0.39 is 0 Å². The summed E-state index contributed by atoms with van der Waals surface area (Å²) in [5.41, 5.74) is 6.30.